The Morgan fingerprint density at radius 2 is 1.81 bits per heavy atom. The van der Waals surface area contributed by atoms with Crippen LogP contribution < -0.4 is 10.3 Å². The molecule has 2 aromatic carbocycles. The number of aromatic nitrogens is 4. The topological polar surface area (TPSA) is 94.6 Å². The summed E-state index contributed by atoms with van der Waals surface area (Å²) in [5.74, 6) is 0.782. The second-order valence-corrected chi connectivity index (χ2v) is 7.48. The summed E-state index contributed by atoms with van der Waals surface area (Å²) in [5, 5.41) is 3.14. The molecule has 162 valence electrons. The molecule has 0 aliphatic rings. The maximum Gasteiger partial charge on any atom is 0.285 e. The monoisotopic (exact) mass is 430 g/mol. The summed E-state index contributed by atoms with van der Waals surface area (Å²) in [6.07, 6.45) is 0. The zero-order valence-electron chi connectivity index (χ0n) is 18.0. The summed E-state index contributed by atoms with van der Waals surface area (Å²) in [7, 11) is 1.61. The van der Waals surface area contributed by atoms with Gasteiger partial charge in [-0.3, -0.25) is 9.89 Å². The largest absolute Gasteiger partial charge is 0.489 e. The third-order valence-corrected chi connectivity index (χ3v) is 5.35. The lowest BCUT2D eigenvalue weighted by atomic mass is 10.1. The second kappa shape index (κ2) is 7.97. The number of benzene rings is 2. The van der Waals surface area contributed by atoms with Gasteiger partial charge in [0.25, 0.3) is 5.56 Å². The van der Waals surface area contributed by atoms with Crippen molar-refractivity contribution in [2.24, 2.45) is 0 Å². The van der Waals surface area contributed by atoms with Crippen molar-refractivity contribution in [3.63, 3.8) is 0 Å². The van der Waals surface area contributed by atoms with E-state index in [-0.39, 0.29) is 11.4 Å². The molecule has 0 saturated heterocycles. The van der Waals surface area contributed by atoms with Crippen LogP contribution in [0, 0.1) is 13.8 Å². The van der Waals surface area contributed by atoms with Crippen LogP contribution in [0.3, 0.4) is 0 Å². The van der Waals surface area contributed by atoms with E-state index in [0.29, 0.717) is 47.0 Å². The summed E-state index contributed by atoms with van der Waals surface area (Å²) in [6.45, 7) is 4.56. The first-order valence-corrected chi connectivity index (χ1v) is 10.3. The van der Waals surface area contributed by atoms with E-state index in [1.165, 1.54) is 4.52 Å². The molecule has 0 spiro atoms. The number of fused-ring (bicyclic) bond motifs is 2. The van der Waals surface area contributed by atoms with Crippen LogP contribution in [0.4, 0.5) is 0 Å². The quantitative estimate of drug-likeness (QED) is 0.407. The summed E-state index contributed by atoms with van der Waals surface area (Å²) in [5.41, 5.74) is 4.96. The van der Waals surface area contributed by atoms with Gasteiger partial charge in [0.15, 0.2) is 16.7 Å². The molecule has 0 aliphatic carbocycles. The maximum absolute atomic E-state index is 13.5. The average Bonchev–Trinajstić information content (AvgIpc) is 3.36. The molecule has 1 N–H and O–H groups in total. The van der Waals surface area contributed by atoms with Crippen LogP contribution in [0.25, 0.3) is 39.3 Å². The Kier molecular flexibility index (Phi) is 4.99. The number of hydrogen-bond donors (Lipinski definition) is 1. The normalized spacial score (nSPS) is 11.5. The molecule has 0 amide bonds. The fourth-order valence-corrected chi connectivity index (χ4v) is 3.87. The summed E-state index contributed by atoms with van der Waals surface area (Å²) in [4.78, 5) is 22.8. The second-order valence-electron chi connectivity index (χ2n) is 7.48. The molecule has 0 atom stereocenters. The fraction of sp³-hybridized carbons (Fsp3) is 0.208. The Balaban J connectivity index is 1.66. The summed E-state index contributed by atoms with van der Waals surface area (Å²) < 4.78 is 18.2. The highest BCUT2D eigenvalue weighted by atomic mass is 16.5. The van der Waals surface area contributed by atoms with E-state index in [1.54, 1.807) is 20.1 Å². The van der Waals surface area contributed by atoms with Gasteiger partial charge in [0.1, 0.15) is 17.9 Å². The van der Waals surface area contributed by atoms with Crippen LogP contribution in [0.2, 0.25) is 0 Å². The molecule has 0 unspecified atom stereocenters. The fourth-order valence-electron chi connectivity index (χ4n) is 3.87. The molecule has 8 nitrogen and oxygen atoms in total. The molecule has 0 bridgehead atoms. The number of aryl methyl sites for hydroxylation is 2. The third-order valence-electron chi connectivity index (χ3n) is 5.35. The number of hydrogen-bond acceptors (Lipinski definition) is 6. The minimum absolute atomic E-state index is 0.209. The van der Waals surface area contributed by atoms with Crippen LogP contribution in [-0.2, 0) is 4.74 Å². The molecule has 0 fully saturated rings. The van der Waals surface area contributed by atoms with E-state index in [0.717, 1.165) is 16.8 Å². The van der Waals surface area contributed by atoms with Crippen LogP contribution in [-0.4, -0.2) is 39.9 Å². The zero-order chi connectivity index (χ0) is 22.2. The van der Waals surface area contributed by atoms with Crippen molar-refractivity contribution >= 4 is 16.7 Å². The first-order chi connectivity index (χ1) is 15.6. The molecule has 32 heavy (non-hydrogen) atoms. The minimum Gasteiger partial charge on any atom is -0.489 e. The van der Waals surface area contributed by atoms with Crippen LogP contribution >= 0.6 is 0 Å². The van der Waals surface area contributed by atoms with Gasteiger partial charge in [-0.2, -0.15) is 0 Å². The number of ether oxygens (including phenoxy) is 2. The molecule has 5 aromatic rings. The van der Waals surface area contributed by atoms with Crippen LogP contribution in [0.1, 0.15) is 11.4 Å². The van der Waals surface area contributed by atoms with Crippen LogP contribution in [0.5, 0.6) is 5.75 Å². The number of oxazole rings is 1. The van der Waals surface area contributed by atoms with Gasteiger partial charge in [0, 0.05) is 18.4 Å². The maximum atomic E-state index is 13.5. The van der Waals surface area contributed by atoms with Gasteiger partial charge in [-0.25, -0.2) is 14.5 Å². The predicted octanol–water partition coefficient (Wildman–Crippen LogP) is 4.14. The first-order valence-electron chi connectivity index (χ1n) is 10.3. The number of rotatable bonds is 6. The van der Waals surface area contributed by atoms with Crippen molar-refractivity contribution < 1.29 is 13.9 Å². The van der Waals surface area contributed by atoms with E-state index in [2.05, 4.69) is 10.1 Å². The van der Waals surface area contributed by atoms with Crippen molar-refractivity contribution in [2.45, 2.75) is 13.8 Å². The Morgan fingerprint density at radius 1 is 1.00 bits per heavy atom. The van der Waals surface area contributed by atoms with Crippen molar-refractivity contribution in [1.29, 1.82) is 0 Å². The third kappa shape index (κ3) is 3.25. The van der Waals surface area contributed by atoms with Gasteiger partial charge in [-0.05, 0) is 31.5 Å². The van der Waals surface area contributed by atoms with Gasteiger partial charge in [0.05, 0.1) is 12.3 Å². The van der Waals surface area contributed by atoms with Gasteiger partial charge < -0.3 is 13.9 Å². The van der Waals surface area contributed by atoms with Crippen molar-refractivity contribution in [3.05, 3.63) is 70.3 Å². The molecule has 0 saturated carbocycles. The molecule has 0 aliphatic heterocycles. The zero-order valence-corrected chi connectivity index (χ0v) is 18.0. The number of nitrogens with zero attached hydrogens (tertiary/aromatic N) is 3. The Bertz CT molecular complexity index is 1480. The molecule has 3 heterocycles. The molecule has 5 rings (SSSR count). The van der Waals surface area contributed by atoms with Gasteiger partial charge in [-0.15, -0.1) is 0 Å². The minimum atomic E-state index is -0.272. The van der Waals surface area contributed by atoms with Crippen molar-refractivity contribution in [2.75, 3.05) is 20.3 Å². The summed E-state index contributed by atoms with van der Waals surface area (Å²) in [6, 6.07) is 15.3. The van der Waals surface area contributed by atoms with E-state index in [1.807, 2.05) is 49.4 Å². The molecule has 8 heteroatoms. The lowest BCUT2D eigenvalue weighted by molar-refractivity contribution is 0.147. The Hall–Kier alpha value is -3.91. The van der Waals surface area contributed by atoms with Gasteiger partial charge in [-0.1, -0.05) is 36.4 Å². The Morgan fingerprint density at radius 3 is 2.59 bits per heavy atom. The molecule has 3 aromatic heterocycles. The lowest BCUT2D eigenvalue weighted by Crippen LogP contribution is -2.19. The molecule has 0 radical (unpaired) electrons. The van der Waals surface area contributed by atoms with Gasteiger partial charge in [0.2, 0.25) is 5.89 Å². The molecular weight excluding hydrogens is 408 g/mol. The smallest absolute Gasteiger partial charge is 0.285 e. The first kappa shape index (κ1) is 20.0. The molecular formula is C24H22N4O4. The number of aromatic amines is 1. The van der Waals surface area contributed by atoms with E-state index < -0.39 is 0 Å². The number of methoxy groups -OCH3 is 1. The number of nitrogens with one attached hydrogen (secondary N) is 1. The van der Waals surface area contributed by atoms with E-state index in [9.17, 15) is 4.79 Å². The highest BCUT2D eigenvalue weighted by Gasteiger charge is 2.22. The highest BCUT2D eigenvalue weighted by Crippen LogP contribution is 2.31. The van der Waals surface area contributed by atoms with Crippen LogP contribution in [0.15, 0.2) is 57.7 Å². The van der Waals surface area contributed by atoms with Crippen molar-refractivity contribution in [1.82, 2.24) is 19.6 Å². The SMILES string of the molecule is COCCOc1cccc2oc(-c3c(C)nc4c(-c5ccccc5)c(C)[nH]n4c3=O)nc12. The average molecular weight is 430 g/mol. The van der Waals surface area contributed by atoms with E-state index >= 15 is 0 Å². The number of H-pyrrole nitrogens is 1. The van der Waals surface area contributed by atoms with E-state index in [4.69, 9.17) is 18.9 Å². The predicted molar refractivity (Wildman–Crippen MR) is 121 cm³/mol. The van der Waals surface area contributed by atoms with Crippen molar-refractivity contribution in [3.8, 4) is 28.3 Å². The standard InChI is InChI=1S/C24H22N4O4/c1-14-20(23-26-21-17(31-13-12-30-3)10-7-11-18(21)32-23)24(29)28-22(25-14)19(15(2)27-28)16-8-5-4-6-9-16/h4-11,27H,12-13H2,1-3H3. The number of para-hydroxylation sites is 1. The van der Waals surface area contributed by atoms with Gasteiger partial charge >= 0.3 is 0 Å². The summed E-state index contributed by atoms with van der Waals surface area (Å²) >= 11 is 0. The lowest BCUT2D eigenvalue weighted by Gasteiger charge is -2.04. The highest BCUT2D eigenvalue weighted by molar-refractivity contribution is 5.83. The Labute approximate surface area is 183 Å².